The van der Waals surface area contributed by atoms with Gasteiger partial charge in [0.25, 0.3) is 9.05 Å². The van der Waals surface area contributed by atoms with Crippen LogP contribution in [-0.4, -0.2) is 27.0 Å². The summed E-state index contributed by atoms with van der Waals surface area (Å²) < 4.78 is 41.3. The van der Waals surface area contributed by atoms with Crippen LogP contribution in [0.4, 0.5) is 10.1 Å². The van der Waals surface area contributed by atoms with Gasteiger partial charge in [-0.15, -0.1) is 0 Å². The van der Waals surface area contributed by atoms with Gasteiger partial charge in [0.05, 0.1) is 12.0 Å². The second kappa shape index (κ2) is 6.29. The highest BCUT2D eigenvalue weighted by Gasteiger charge is 2.32. The van der Waals surface area contributed by atoms with Crippen LogP contribution in [0.15, 0.2) is 23.1 Å². The smallest absolute Gasteiger partial charge is 0.264 e. The molecule has 1 N–H and O–H groups in total. The molecule has 0 spiro atoms. The lowest BCUT2D eigenvalue weighted by Gasteiger charge is -2.16. The van der Waals surface area contributed by atoms with E-state index in [1.807, 2.05) is 6.92 Å². The van der Waals surface area contributed by atoms with Gasteiger partial charge in [-0.3, -0.25) is 4.79 Å². The first kappa shape index (κ1) is 16.2. The molecule has 2 rings (SSSR count). The van der Waals surface area contributed by atoms with Gasteiger partial charge in [0.1, 0.15) is 10.7 Å². The zero-order valence-corrected chi connectivity index (χ0v) is 12.9. The van der Waals surface area contributed by atoms with Gasteiger partial charge in [-0.2, -0.15) is 0 Å². The number of anilines is 1. The monoisotopic (exact) mass is 335 g/mol. The minimum Gasteiger partial charge on any atom is -0.377 e. The molecule has 2 atom stereocenters. The molecule has 1 fully saturated rings. The number of benzene rings is 1. The van der Waals surface area contributed by atoms with E-state index in [4.69, 9.17) is 15.4 Å². The molecule has 116 valence electrons. The molecule has 1 aromatic rings. The van der Waals surface area contributed by atoms with Crippen LogP contribution in [0.2, 0.25) is 0 Å². The van der Waals surface area contributed by atoms with Crippen molar-refractivity contribution >= 4 is 31.3 Å². The molecular weight excluding hydrogens is 321 g/mol. The Morgan fingerprint density at radius 2 is 2.24 bits per heavy atom. The quantitative estimate of drug-likeness (QED) is 0.858. The molecule has 0 aromatic heterocycles. The van der Waals surface area contributed by atoms with Crippen molar-refractivity contribution < 1.29 is 22.3 Å². The Morgan fingerprint density at radius 1 is 1.52 bits per heavy atom. The fourth-order valence-corrected chi connectivity index (χ4v) is 3.26. The summed E-state index contributed by atoms with van der Waals surface area (Å²) in [5, 5.41) is 2.57. The van der Waals surface area contributed by atoms with E-state index < -0.39 is 19.8 Å². The van der Waals surface area contributed by atoms with E-state index in [-0.39, 0.29) is 23.6 Å². The van der Waals surface area contributed by atoms with E-state index in [0.29, 0.717) is 13.0 Å². The molecule has 1 aromatic carbocycles. The molecule has 8 heteroatoms. The van der Waals surface area contributed by atoms with Crippen LogP contribution in [0.25, 0.3) is 0 Å². The van der Waals surface area contributed by atoms with Gasteiger partial charge >= 0.3 is 0 Å². The Morgan fingerprint density at radius 3 is 2.81 bits per heavy atom. The van der Waals surface area contributed by atoms with Crippen LogP contribution in [0, 0.1) is 11.7 Å². The second-order valence-electron chi connectivity index (χ2n) is 4.78. The summed E-state index contributed by atoms with van der Waals surface area (Å²) in [7, 11) is 0.949. The molecule has 1 heterocycles. The molecule has 1 aliphatic rings. The predicted molar refractivity (Wildman–Crippen MR) is 76.2 cm³/mol. The molecule has 2 unspecified atom stereocenters. The van der Waals surface area contributed by atoms with E-state index in [2.05, 4.69) is 5.32 Å². The maximum absolute atomic E-state index is 13.7. The third kappa shape index (κ3) is 3.72. The highest BCUT2D eigenvalue weighted by molar-refractivity contribution is 8.13. The van der Waals surface area contributed by atoms with Gasteiger partial charge < -0.3 is 10.1 Å². The first-order valence-electron chi connectivity index (χ1n) is 6.49. The second-order valence-corrected chi connectivity index (χ2v) is 7.32. The fraction of sp³-hybridized carbons (Fsp3) is 0.462. The van der Waals surface area contributed by atoms with E-state index in [1.165, 1.54) is 6.07 Å². The third-order valence-corrected chi connectivity index (χ3v) is 4.77. The van der Waals surface area contributed by atoms with E-state index in [0.717, 1.165) is 18.6 Å². The fourth-order valence-electron chi connectivity index (χ4n) is 2.36. The standard InChI is InChI=1S/C13H15ClFNO4S/c1-2-11-9(5-6-20-11)13(17)16-8-3-4-12(10(15)7-8)21(14,18)19/h3-4,7,9,11H,2,5-6H2,1H3,(H,16,17). The van der Waals surface area contributed by atoms with Gasteiger partial charge in [-0.1, -0.05) is 6.92 Å². The molecule has 0 bridgehead atoms. The van der Waals surface area contributed by atoms with Crippen LogP contribution in [0.5, 0.6) is 0 Å². The lowest BCUT2D eigenvalue weighted by molar-refractivity contribution is -0.121. The molecule has 1 aliphatic heterocycles. The Hall–Kier alpha value is -1.18. The summed E-state index contributed by atoms with van der Waals surface area (Å²) in [4.78, 5) is 11.5. The number of nitrogens with one attached hydrogen (secondary N) is 1. The van der Waals surface area contributed by atoms with E-state index in [9.17, 15) is 17.6 Å². The Labute approximate surface area is 126 Å². The van der Waals surface area contributed by atoms with Crippen molar-refractivity contribution in [2.24, 2.45) is 5.92 Å². The molecule has 1 amide bonds. The molecule has 0 radical (unpaired) electrons. The zero-order chi connectivity index (χ0) is 15.6. The topological polar surface area (TPSA) is 72.5 Å². The summed E-state index contributed by atoms with van der Waals surface area (Å²) in [5.74, 6) is -1.55. The van der Waals surface area contributed by atoms with Crippen molar-refractivity contribution in [1.29, 1.82) is 0 Å². The predicted octanol–water partition coefficient (Wildman–Crippen LogP) is 2.51. The molecular formula is C13H15ClFNO4S. The maximum Gasteiger partial charge on any atom is 0.264 e. The van der Waals surface area contributed by atoms with Crippen molar-refractivity contribution in [3.8, 4) is 0 Å². The summed E-state index contributed by atoms with van der Waals surface area (Å²) in [5.41, 5.74) is 0.184. The Kier molecular flexibility index (Phi) is 4.85. The number of hydrogen-bond acceptors (Lipinski definition) is 4. The van der Waals surface area contributed by atoms with Gasteiger partial charge in [0.15, 0.2) is 0 Å². The van der Waals surface area contributed by atoms with Gasteiger partial charge in [0.2, 0.25) is 5.91 Å². The highest BCUT2D eigenvalue weighted by Crippen LogP contribution is 2.26. The summed E-state index contributed by atoms with van der Waals surface area (Å²) in [6.07, 6.45) is 1.19. The molecule has 1 saturated heterocycles. The molecule has 0 saturated carbocycles. The maximum atomic E-state index is 13.7. The zero-order valence-electron chi connectivity index (χ0n) is 11.3. The molecule has 5 nitrogen and oxygen atoms in total. The first-order valence-corrected chi connectivity index (χ1v) is 8.80. The SMILES string of the molecule is CCC1OCCC1C(=O)Nc1ccc(S(=O)(=O)Cl)c(F)c1. The average molecular weight is 336 g/mol. The van der Waals surface area contributed by atoms with Crippen molar-refractivity contribution in [3.05, 3.63) is 24.0 Å². The highest BCUT2D eigenvalue weighted by atomic mass is 35.7. The number of rotatable bonds is 4. The minimum atomic E-state index is -4.14. The number of carbonyl (C=O) groups excluding carboxylic acids is 1. The molecule has 21 heavy (non-hydrogen) atoms. The summed E-state index contributed by atoms with van der Waals surface area (Å²) in [6.45, 7) is 2.45. The Bertz CT molecular complexity index is 650. The minimum absolute atomic E-state index is 0.141. The first-order chi connectivity index (χ1) is 9.82. The number of hydrogen-bond donors (Lipinski definition) is 1. The van der Waals surface area contributed by atoms with Gasteiger partial charge in [0, 0.05) is 23.0 Å². The van der Waals surface area contributed by atoms with Crippen LogP contribution in [0.1, 0.15) is 19.8 Å². The van der Waals surface area contributed by atoms with Crippen LogP contribution in [-0.2, 0) is 18.6 Å². The Balaban J connectivity index is 2.13. The number of carbonyl (C=O) groups is 1. The summed E-state index contributed by atoms with van der Waals surface area (Å²) in [6, 6.07) is 3.26. The van der Waals surface area contributed by atoms with Crippen LogP contribution < -0.4 is 5.32 Å². The van der Waals surface area contributed by atoms with E-state index >= 15 is 0 Å². The third-order valence-electron chi connectivity index (χ3n) is 3.41. The lowest BCUT2D eigenvalue weighted by atomic mass is 9.98. The van der Waals surface area contributed by atoms with Gasteiger partial charge in [-0.25, -0.2) is 12.8 Å². The van der Waals surface area contributed by atoms with Crippen molar-refractivity contribution in [2.45, 2.75) is 30.8 Å². The normalized spacial score (nSPS) is 22.2. The lowest BCUT2D eigenvalue weighted by Crippen LogP contribution is -2.29. The van der Waals surface area contributed by atoms with Gasteiger partial charge in [-0.05, 0) is 31.0 Å². The summed E-state index contributed by atoms with van der Waals surface area (Å²) >= 11 is 0. The van der Waals surface area contributed by atoms with Crippen LogP contribution in [0.3, 0.4) is 0 Å². The average Bonchev–Trinajstić information content (AvgIpc) is 2.85. The van der Waals surface area contributed by atoms with Crippen molar-refractivity contribution in [1.82, 2.24) is 0 Å². The number of halogens is 2. The number of amides is 1. The van der Waals surface area contributed by atoms with Crippen LogP contribution >= 0.6 is 10.7 Å². The molecule has 0 aliphatic carbocycles. The van der Waals surface area contributed by atoms with Crippen molar-refractivity contribution in [3.63, 3.8) is 0 Å². The number of ether oxygens (including phenoxy) is 1. The largest absolute Gasteiger partial charge is 0.377 e. The van der Waals surface area contributed by atoms with Crippen molar-refractivity contribution in [2.75, 3.05) is 11.9 Å². The van der Waals surface area contributed by atoms with E-state index in [1.54, 1.807) is 0 Å².